The molecule has 16 heavy (non-hydrogen) atoms. The van der Waals surface area contributed by atoms with Crippen LogP contribution in [0.2, 0.25) is 0 Å². The zero-order valence-corrected chi connectivity index (χ0v) is 9.97. The van der Waals surface area contributed by atoms with Gasteiger partial charge < -0.3 is 10.5 Å². The van der Waals surface area contributed by atoms with Crippen molar-refractivity contribution in [2.75, 3.05) is 7.11 Å². The van der Waals surface area contributed by atoms with E-state index in [0.29, 0.717) is 10.7 Å². The second-order valence-electron chi connectivity index (χ2n) is 3.53. The smallest absolute Gasteiger partial charge is 0.129 e. The van der Waals surface area contributed by atoms with Crippen LogP contribution in [0, 0.1) is 6.92 Å². The highest BCUT2D eigenvalue weighted by atomic mass is 32.1. The van der Waals surface area contributed by atoms with Crippen LogP contribution in [0.15, 0.2) is 24.4 Å². The lowest BCUT2D eigenvalue weighted by Gasteiger charge is -2.11. The molecule has 1 heterocycles. The maximum Gasteiger partial charge on any atom is 0.129 e. The fourth-order valence-corrected chi connectivity index (χ4v) is 2.01. The van der Waals surface area contributed by atoms with Gasteiger partial charge in [-0.25, -0.2) is 0 Å². The molecule has 3 nitrogen and oxygen atoms in total. The maximum atomic E-state index is 5.75. The molecule has 0 amide bonds. The van der Waals surface area contributed by atoms with Gasteiger partial charge in [0.2, 0.25) is 0 Å². The molecule has 2 N–H and O–H groups in total. The Hall–Kier alpha value is -1.68. The Morgan fingerprint density at radius 2 is 2.12 bits per heavy atom. The van der Waals surface area contributed by atoms with E-state index < -0.39 is 0 Å². The van der Waals surface area contributed by atoms with E-state index in [1.54, 1.807) is 13.3 Å². The molecule has 4 heteroatoms. The highest BCUT2D eigenvalue weighted by molar-refractivity contribution is 7.80. The average Bonchev–Trinajstić information content (AvgIpc) is 2.27. The molecule has 0 saturated heterocycles. The first-order valence-corrected chi connectivity index (χ1v) is 5.28. The highest BCUT2D eigenvalue weighted by Crippen LogP contribution is 2.28. The summed E-state index contributed by atoms with van der Waals surface area (Å²) in [4.78, 5) is 4.62. The van der Waals surface area contributed by atoms with Crippen LogP contribution >= 0.6 is 12.2 Å². The van der Waals surface area contributed by atoms with E-state index in [2.05, 4.69) is 4.98 Å². The molecular weight excluding hydrogens is 220 g/mol. The lowest BCUT2D eigenvalue weighted by atomic mass is 10.0. The van der Waals surface area contributed by atoms with Crippen molar-refractivity contribution in [2.45, 2.75) is 6.92 Å². The maximum absolute atomic E-state index is 5.75. The summed E-state index contributed by atoms with van der Waals surface area (Å²) in [5.74, 6) is 0.691. The standard InChI is InChI=1S/C12H12N2OS/c1-7-5-6-14-8-3-4-9(15-2)11(10(7)8)12(13)16/h3-6H,1-2H3,(H2,13,16). The number of hydrogen-bond donors (Lipinski definition) is 1. The summed E-state index contributed by atoms with van der Waals surface area (Å²) in [5, 5.41) is 0.967. The fourth-order valence-electron chi connectivity index (χ4n) is 1.81. The predicted molar refractivity (Wildman–Crippen MR) is 68.9 cm³/mol. The number of methoxy groups -OCH3 is 1. The lowest BCUT2D eigenvalue weighted by Crippen LogP contribution is -2.12. The highest BCUT2D eigenvalue weighted by Gasteiger charge is 2.12. The first-order valence-electron chi connectivity index (χ1n) is 4.87. The van der Waals surface area contributed by atoms with Crippen LogP contribution in [0.4, 0.5) is 0 Å². The van der Waals surface area contributed by atoms with Gasteiger partial charge in [-0.3, -0.25) is 4.98 Å². The summed E-state index contributed by atoms with van der Waals surface area (Å²) < 4.78 is 5.27. The Labute approximate surface area is 99.2 Å². The van der Waals surface area contributed by atoms with Crippen LogP contribution in [0.1, 0.15) is 11.1 Å². The Kier molecular flexibility index (Phi) is 2.75. The van der Waals surface area contributed by atoms with Crippen molar-refractivity contribution in [3.05, 3.63) is 35.5 Å². The van der Waals surface area contributed by atoms with Crippen LogP contribution in [-0.2, 0) is 0 Å². The normalized spacial score (nSPS) is 10.4. The number of thiocarbonyl (C=S) groups is 1. The molecule has 0 bridgehead atoms. The SMILES string of the molecule is COc1ccc2nccc(C)c2c1C(N)=S. The van der Waals surface area contributed by atoms with Gasteiger partial charge in [0, 0.05) is 11.6 Å². The minimum absolute atomic E-state index is 0.332. The molecule has 0 aliphatic rings. The largest absolute Gasteiger partial charge is 0.496 e. The van der Waals surface area contributed by atoms with Crippen molar-refractivity contribution in [1.82, 2.24) is 4.98 Å². The minimum atomic E-state index is 0.332. The van der Waals surface area contributed by atoms with E-state index >= 15 is 0 Å². The first kappa shape index (κ1) is 10.8. The van der Waals surface area contributed by atoms with Crippen LogP contribution in [-0.4, -0.2) is 17.1 Å². The van der Waals surface area contributed by atoms with E-state index in [0.717, 1.165) is 22.0 Å². The molecule has 0 aliphatic heterocycles. The van der Waals surface area contributed by atoms with Crippen molar-refractivity contribution in [3.8, 4) is 5.75 Å². The number of ether oxygens (including phenoxy) is 1. The summed E-state index contributed by atoms with van der Waals surface area (Å²) in [6.45, 7) is 2.01. The number of rotatable bonds is 2. The molecule has 82 valence electrons. The number of nitrogens with two attached hydrogens (primary N) is 1. The molecule has 0 radical (unpaired) electrons. The number of aromatic nitrogens is 1. The van der Waals surface area contributed by atoms with Gasteiger partial charge in [0.25, 0.3) is 0 Å². The van der Waals surface area contributed by atoms with Gasteiger partial charge in [0.1, 0.15) is 10.7 Å². The first-order chi connectivity index (χ1) is 7.65. The summed E-state index contributed by atoms with van der Waals surface area (Å²) in [5.41, 5.74) is 8.48. The van der Waals surface area contributed by atoms with Crippen LogP contribution in [0.25, 0.3) is 10.9 Å². The predicted octanol–water partition coefficient (Wildman–Crippen LogP) is 2.19. The van der Waals surface area contributed by atoms with E-state index in [1.165, 1.54) is 0 Å². The Morgan fingerprint density at radius 3 is 2.75 bits per heavy atom. The van der Waals surface area contributed by atoms with Gasteiger partial charge in [-0.05, 0) is 30.7 Å². The number of aryl methyl sites for hydroxylation is 1. The zero-order chi connectivity index (χ0) is 11.7. The summed E-state index contributed by atoms with van der Waals surface area (Å²) in [7, 11) is 1.61. The van der Waals surface area contributed by atoms with Crippen LogP contribution < -0.4 is 10.5 Å². The van der Waals surface area contributed by atoms with E-state index in [1.807, 2.05) is 25.1 Å². The summed E-state index contributed by atoms with van der Waals surface area (Å²) >= 11 is 5.07. The van der Waals surface area contributed by atoms with Crippen LogP contribution in [0.3, 0.4) is 0 Å². The minimum Gasteiger partial charge on any atom is -0.496 e. The third-order valence-corrected chi connectivity index (χ3v) is 2.75. The molecule has 0 unspecified atom stereocenters. The molecule has 1 aromatic heterocycles. The Morgan fingerprint density at radius 1 is 1.38 bits per heavy atom. The van der Waals surface area contributed by atoms with Crippen molar-refractivity contribution >= 4 is 28.1 Å². The quantitative estimate of drug-likeness (QED) is 0.806. The van der Waals surface area contributed by atoms with Gasteiger partial charge in [0.05, 0.1) is 18.2 Å². The van der Waals surface area contributed by atoms with Crippen molar-refractivity contribution < 1.29 is 4.74 Å². The second-order valence-corrected chi connectivity index (χ2v) is 3.97. The third kappa shape index (κ3) is 1.61. The number of fused-ring (bicyclic) bond motifs is 1. The molecule has 0 atom stereocenters. The molecule has 0 saturated carbocycles. The molecule has 2 rings (SSSR count). The molecular formula is C12H12N2OS. The lowest BCUT2D eigenvalue weighted by molar-refractivity contribution is 0.414. The topological polar surface area (TPSA) is 48.1 Å². The molecule has 0 fully saturated rings. The van der Waals surface area contributed by atoms with Crippen molar-refractivity contribution in [3.63, 3.8) is 0 Å². The van der Waals surface area contributed by atoms with Gasteiger partial charge in [-0.1, -0.05) is 12.2 Å². The van der Waals surface area contributed by atoms with Gasteiger partial charge >= 0.3 is 0 Å². The summed E-state index contributed by atoms with van der Waals surface area (Å²) in [6, 6.07) is 5.68. The number of nitrogens with zero attached hydrogens (tertiary/aromatic N) is 1. The van der Waals surface area contributed by atoms with E-state index in [9.17, 15) is 0 Å². The van der Waals surface area contributed by atoms with Gasteiger partial charge in [0.15, 0.2) is 0 Å². The molecule has 0 aliphatic carbocycles. The monoisotopic (exact) mass is 232 g/mol. The van der Waals surface area contributed by atoms with E-state index in [-0.39, 0.29) is 0 Å². The van der Waals surface area contributed by atoms with Gasteiger partial charge in [-0.2, -0.15) is 0 Å². The molecule has 1 aromatic carbocycles. The number of pyridine rings is 1. The summed E-state index contributed by atoms with van der Waals surface area (Å²) in [6.07, 6.45) is 1.77. The van der Waals surface area contributed by atoms with Crippen molar-refractivity contribution in [2.24, 2.45) is 5.73 Å². The Bertz CT molecular complexity index is 566. The van der Waals surface area contributed by atoms with E-state index in [4.69, 9.17) is 22.7 Å². The zero-order valence-electron chi connectivity index (χ0n) is 9.15. The molecule has 2 aromatic rings. The number of benzene rings is 1. The fraction of sp³-hybridized carbons (Fsp3) is 0.167. The second kappa shape index (κ2) is 4.06. The Balaban J connectivity index is 2.93. The third-order valence-electron chi connectivity index (χ3n) is 2.54. The average molecular weight is 232 g/mol. The van der Waals surface area contributed by atoms with Crippen LogP contribution in [0.5, 0.6) is 5.75 Å². The molecule has 0 spiro atoms. The number of hydrogen-bond acceptors (Lipinski definition) is 3. The van der Waals surface area contributed by atoms with Crippen molar-refractivity contribution in [1.29, 1.82) is 0 Å². The van der Waals surface area contributed by atoms with Gasteiger partial charge in [-0.15, -0.1) is 0 Å².